The summed E-state index contributed by atoms with van der Waals surface area (Å²) in [5.74, 6) is 2.15. The van der Waals surface area contributed by atoms with Crippen molar-refractivity contribution in [2.45, 2.75) is 58.4 Å². The molecule has 0 radical (unpaired) electrons. The number of nitrogens with zero attached hydrogens (tertiary/aromatic N) is 2. The first-order valence-corrected chi connectivity index (χ1v) is 14.4. The highest BCUT2D eigenvalue weighted by Crippen LogP contribution is 2.35. The average Bonchev–Trinajstić information content (AvgIpc) is 2.98. The molecule has 3 aromatic carbocycles. The SMILES string of the molecule is COCCCCC1CCCC(Cn2c(-c3ccccc3OC)nc3ccc(-c4ccc(C)c(F)c4)cc3c2=O)C1. The fourth-order valence-electron chi connectivity index (χ4n) is 6.15. The predicted molar refractivity (Wildman–Crippen MR) is 159 cm³/mol. The molecule has 2 atom stereocenters. The lowest BCUT2D eigenvalue weighted by atomic mass is 9.79. The molecule has 5 nitrogen and oxygen atoms in total. The summed E-state index contributed by atoms with van der Waals surface area (Å²) >= 11 is 0. The highest BCUT2D eigenvalue weighted by molar-refractivity contribution is 5.85. The van der Waals surface area contributed by atoms with Gasteiger partial charge < -0.3 is 9.47 Å². The lowest BCUT2D eigenvalue weighted by Gasteiger charge is -2.30. The van der Waals surface area contributed by atoms with E-state index in [2.05, 4.69) is 0 Å². The molecule has 1 aliphatic carbocycles. The van der Waals surface area contributed by atoms with Gasteiger partial charge in [-0.25, -0.2) is 9.37 Å². The van der Waals surface area contributed by atoms with E-state index >= 15 is 0 Å². The summed E-state index contributed by atoms with van der Waals surface area (Å²) < 4.78 is 27.1. The van der Waals surface area contributed by atoms with Crippen molar-refractivity contribution in [3.63, 3.8) is 0 Å². The van der Waals surface area contributed by atoms with Gasteiger partial charge in [0, 0.05) is 20.3 Å². The quantitative estimate of drug-likeness (QED) is 0.192. The lowest BCUT2D eigenvalue weighted by molar-refractivity contribution is 0.182. The maximum absolute atomic E-state index is 14.3. The van der Waals surface area contributed by atoms with Crippen molar-refractivity contribution in [3.8, 4) is 28.3 Å². The monoisotopic (exact) mass is 542 g/mol. The number of ether oxygens (including phenoxy) is 2. The molecule has 0 bridgehead atoms. The molecule has 0 aliphatic heterocycles. The summed E-state index contributed by atoms with van der Waals surface area (Å²) in [6, 6.07) is 18.6. The number of para-hydroxylation sites is 1. The number of rotatable bonds is 10. The van der Waals surface area contributed by atoms with E-state index in [-0.39, 0.29) is 11.4 Å². The number of halogens is 1. The average molecular weight is 543 g/mol. The molecule has 1 saturated carbocycles. The second kappa shape index (κ2) is 12.8. The third-order valence-electron chi connectivity index (χ3n) is 8.35. The van der Waals surface area contributed by atoms with Crippen LogP contribution in [0.3, 0.4) is 0 Å². The Morgan fingerprint density at radius 1 is 0.975 bits per heavy atom. The Balaban J connectivity index is 1.55. The van der Waals surface area contributed by atoms with E-state index in [1.54, 1.807) is 27.2 Å². The summed E-state index contributed by atoms with van der Waals surface area (Å²) in [5, 5.41) is 0.545. The van der Waals surface area contributed by atoms with Crippen LogP contribution in [-0.2, 0) is 11.3 Å². The normalized spacial score (nSPS) is 17.3. The number of unbranched alkanes of at least 4 members (excludes halogenated alkanes) is 1. The first-order valence-electron chi connectivity index (χ1n) is 14.4. The van der Waals surface area contributed by atoms with Gasteiger partial charge in [0.2, 0.25) is 0 Å². The van der Waals surface area contributed by atoms with Gasteiger partial charge >= 0.3 is 0 Å². The molecule has 6 heteroatoms. The lowest BCUT2D eigenvalue weighted by Crippen LogP contribution is -2.29. The number of fused-ring (bicyclic) bond motifs is 1. The molecule has 4 aromatic rings. The Hall–Kier alpha value is -3.51. The van der Waals surface area contributed by atoms with Crippen LogP contribution < -0.4 is 10.3 Å². The summed E-state index contributed by atoms with van der Waals surface area (Å²) in [4.78, 5) is 19.3. The van der Waals surface area contributed by atoms with Gasteiger partial charge in [0.05, 0.1) is 23.6 Å². The molecule has 210 valence electrons. The van der Waals surface area contributed by atoms with Crippen LogP contribution in [-0.4, -0.2) is 30.4 Å². The number of aryl methyl sites for hydroxylation is 1. The number of hydrogen-bond donors (Lipinski definition) is 0. The molecule has 1 aromatic heterocycles. The van der Waals surface area contributed by atoms with Gasteiger partial charge in [-0.05, 0) is 85.0 Å². The first kappa shape index (κ1) is 28.0. The van der Waals surface area contributed by atoms with E-state index in [0.29, 0.717) is 46.4 Å². The second-order valence-corrected chi connectivity index (χ2v) is 11.1. The first-order chi connectivity index (χ1) is 19.5. The smallest absolute Gasteiger partial charge is 0.261 e. The van der Waals surface area contributed by atoms with E-state index in [1.165, 1.54) is 31.7 Å². The maximum atomic E-state index is 14.3. The zero-order valence-electron chi connectivity index (χ0n) is 23.8. The molecule has 1 heterocycles. The molecule has 0 spiro atoms. The van der Waals surface area contributed by atoms with E-state index < -0.39 is 0 Å². The highest BCUT2D eigenvalue weighted by Gasteiger charge is 2.25. The Bertz CT molecular complexity index is 1530. The fraction of sp³-hybridized carbons (Fsp3) is 0.412. The molecule has 40 heavy (non-hydrogen) atoms. The molecular formula is C34H39FN2O3. The molecular weight excluding hydrogens is 503 g/mol. The van der Waals surface area contributed by atoms with Crippen LogP contribution in [0.5, 0.6) is 5.75 Å². The molecule has 0 amide bonds. The van der Waals surface area contributed by atoms with Gasteiger partial charge in [0.1, 0.15) is 17.4 Å². The third-order valence-corrected chi connectivity index (χ3v) is 8.35. The van der Waals surface area contributed by atoms with Crippen LogP contribution in [0.1, 0.15) is 50.5 Å². The summed E-state index contributed by atoms with van der Waals surface area (Å²) in [5.41, 5.74) is 3.50. The van der Waals surface area contributed by atoms with Crippen molar-refractivity contribution in [2.24, 2.45) is 11.8 Å². The topological polar surface area (TPSA) is 53.4 Å². The number of benzene rings is 3. The van der Waals surface area contributed by atoms with Gasteiger partial charge in [-0.3, -0.25) is 9.36 Å². The Labute approximate surface area is 236 Å². The third kappa shape index (κ3) is 6.12. The van der Waals surface area contributed by atoms with Gasteiger partial charge in [-0.2, -0.15) is 0 Å². The standard InChI is InChI=1S/C34H39FN2O3/c1-23-14-15-27(21-30(23)35)26-16-17-31-29(20-26)34(38)37(33(36-31)28-12-4-5-13-32(28)40-3)22-25-11-8-10-24(19-25)9-6-7-18-39-2/h4-5,12-17,20-21,24-25H,6-11,18-19,22H2,1-3H3. The van der Waals surface area contributed by atoms with Crippen LogP contribution in [0.15, 0.2) is 65.5 Å². The Morgan fingerprint density at radius 2 is 1.75 bits per heavy atom. The minimum absolute atomic E-state index is 0.0671. The van der Waals surface area contributed by atoms with Crippen LogP contribution in [0.25, 0.3) is 33.4 Å². The van der Waals surface area contributed by atoms with E-state index in [0.717, 1.165) is 42.6 Å². The molecule has 1 fully saturated rings. The van der Waals surface area contributed by atoms with Crippen molar-refractivity contribution in [3.05, 3.63) is 82.4 Å². The number of methoxy groups -OCH3 is 2. The van der Waals surface area contributed by atoms with E-state index in [4.69, 9.17) is 14.5 Å². The zero-order chi connectivity index (χ0) is 28.1. The van der Waals surface area contributed by atoms with Gasteiger partial charge in [-0.15, -0.1) is 0 Å². The van der Waals surface area contributed by atoms with Crippen molar-refractivity contribution in [1.82, 2.24) is 9.55 Å². The van der Waals surface area contributed by atoms with Crippen molar-refractivity contribution < 1.29 is 13.9 Å². The minimum atomic E-state index is -0.256. The van der Waals surface area contributed by atoms with Crippen LogP contribution in [0, 0.1) is 24.6 Å². The minimum Gasteiger partial charge on any atom is -0.496 e. The Morgan fingerprint density at radius 3 is 2.55 bits per heavy atom. The predicted octanol–water partition coefficient (Wildman–Crippen LogP) is 7.81. The summed E-state index contributed by atoms with van der Waals surface area (Å²) in [7, 11) is 3.40. The molecule has 1 aliphatic rings. The fourth-order valence-corrected chi connectivity index (χ4v) is 6.15. The van der Waals surface area contributed by atoms with Gasteiger partial charge in [0.25, 0.3) is 5.56 Å². The Kier molecular flexibility index (Phi) is 8.95. The maximum Gasteiger partial charge on any atom is 0.261 e. The number of hydrogen-bond acceptors (Lipinski definition) is 4. The van der Waals surface area contributed by atoms with Crippen LogP contribution in [0.4, 0.5) is 4.39 Å². The largest absolute Gasteiger partial charge is 0.496 e. The van der Waals surface area contributed by atoms with Crippen LogP contribution >= 0.6 is 0 Å². The van der Waals surface area contributed by atoms with Crippen molar-refractivity contribution in [2.75, 3.05) is 20.8 Å². The van der Waals surface area contributed by atoms with Gasteiger partial charge in [-0.1, -0.05) is 56.0 Å². The molecule has 2 unspecified atom stereocenters. The zero-order valence-corrected chi connectivity index (χ0v) is 23.8. The second-order valence-electron chi connectivity index (χ2n) is 11.1. The van der Waals surface area contributed by atoms with Crippen LogP contribution in [0.2, 0.25) is 0 Å². The molecule has 5 rings (SSSR count). The highest BCUT2D eigenvalue weighted by atomic mass is 19.1. The van der Waals surface area contributed by atoms with Crippen molar-refractivity contribution in [1.29, 1.82) is 0 Å². The molecule has 0 saturated heterocycles. The van der Waals surface area contributed by atoms with E-state index in [1.807, 2.05) is 53.1 Å². The van der Waals surface area contributed by atoms with Gasteiger partial charge in [0.15, 0.2) is 0 Å². The number of aromatic nitrogens is 2. The van der Waals surface area contributed by atoms with Crippen molar-refractivity contribution >= 4 is 10.9 Å². The summed E-state index contributed by atoms with van der Waals surface area (Å²) in [6.45, 7) is 3.18. The van der Waals surface area contributed by atoms with E-state index in [9.17, 15) is 9.18 Å². The molecule has 0 N–H and O–H groups in total. The summed E-state index contributed by atoms with van der Waals surface area (Å²) in [6.07, 6.45) is 8.14.